The molecule has 0 saturated heterocycles. The van der Waals surface area contributed by atoms with Crippen LogP contribution in [0.4, 0.5) is 5.69 Å². The van der Waals surface area contributed by atoms with Crippen LogP contribution in [0.2, 0.25) is 0 Å². The van der Waals surface area contributed by atoms with Crippen molar-refractivity contribution in [3.63, 3.8) is 0 Å². The molecule has 0 aliphatic carbocycles. The monoisotopic (exact) mass is 297 g/mol. The van der Waals surface area contributed by atoms with Gasteiger partial charge in [-0.25, -0.2) is 0 Å². The largest absolute Gasteiger partial charge is 0.508 e. The van der Waals surface area contributed by atoms with Crippen molar-refractivity contribution in [1.82, 2.24) is 0 Å². The summed E-state index contributed by atoms with van der Waals surface area (Å²) in [5, 5.41) is 12.2. The van der Waals surface area contributed by atoms with E-state index in [4.69, 9.17) is 9.47 Å². The third-order valence-electron chi connectivity index (χ3n) is 3.52. The van der Waals surface area contributed by atoms with Crippen LogP contribution in [-0.4, -0.2) is 25.2 Å². The molecule has 2 aromatic rings. The second-order valence-corrected chi connectivity index (χ2v) is 4.85. The maximum Gasteiger partial charge on any atom is 0.256 e. The fourth-order valence-corrected chi connectivity index (χ4v) is 2.43. The first-order valence-electron chi connectivity index (χ1n) is 6.71. The summed E-state index contributed by atoms with van der Waals surface area (Å²) in [7, 11) is 3.16. The number of fused-ring (bicyclic) bond motifs is 1. The van der Waals surface area contributed by atoms with Crippen molar-refractivity contribution in [3.8, 4) is 17.2 Å². The molecule has 2 aromatic carbocycles. The average molecular weight is 297 g/mol. The van der Waals surface area contributed by atoms with Crippen molar-refractivity contribution in [3.05, 3.63) is 47.5 Å². The topological polar surface area (TPSA) is 67.8 Å². The second-order valence-electron chi connectivity index (χ2n) is 4.85. The number of hydrogen-bond donors (Lipinski definition) is 2. The van der Waals surface area contributed by atoms with E-state index < -0.39 is 0 Å². The van der Waals surface area contributed by atoms with Crippen LogP contribution < -0.4 is 14.8 Å². The van der Waals surface area contributed by atoms with Crippen molar-refractivity contribution >= 4 is 23.2 Å². The molecule has 3 rings (SSSR count). The van der Waals surface area contributed by atoms with Crippen LogP contribution in [0, 0.1) is 0 Å². The predicted molar refractivity (Wildman–Crippen MR) is 84.2 cm³/mol. The van der Waals surface area contributed by atoms with Crippen LogP contribution in [0.3, 0.4) is 0 Å². The van der Waals surface area contributed by atoms with E-state index in [9.17, 15) is 9.90 Å². The molecule has 0 bridgehead atoms. The van der Waals surface area contributed by atoms with E-state index in [2.05, 4.69) is 5.32 Å². The minimum atomic E-state index is -0.217. The lowest BCUT2D eigenvalue weighted by Crippen LogP contribution is -2.03. The van der Waals surface area contributed by atoms with Crippen molar-refractivity contribution in [2.45, 2.75) is 0 Å². The van der Waals surface area contributed by atoms with Gasteiger partial charge < -0.3 is 19.9 Å². The summed E-state index contributed by atoms with van der Waals surface area (Å²) >= 11 is 0. The van der Waals surface area contributed by atoms with Crippen LogP contribution in [0.15, 0.2) is 36.4 Å². The van der Waals surface area contributed by atoms with Crippen molar-refractivity contribution in [2.24, 2.45) is 0 Å². The highest BCUT2D eigenvalue weighted by molar-refractivity contribution is 6.35. The molecular formula is C17H15NO4. The van der Waals surface area contributed by atoms with E-state index in [0.717, 1.165) is 11.1 Å². The summed E-state index contributed by atoms with van der Waals surface area (Å²) in [6.45, 7) is 0. The molecule has 0 spiro atoms. The van der Waals surface area contributed by atoms with Gasteiger partial charge in [0.1, 0.15) is 17.2 Å². The summed E-state index contributed by atoms with van der Waals surface area (Å²) < 4.78 is 10.5. The van der Waals surface area contributed by atoms with Crippen molar-refractivity contribution < 1.29 is 19.4 Å². The first-order valence-corrected chi connectivity index (χ1v) is 6.71. The van der Waals surface area contributed by atoms with E-state index >= 15 is 0 Å². The lowest BCUT2D eigenvalue weighted by Gasteiger charge is -2.08. The molecule has 0 unspecified atom stereocenters. The molecule has 1 aliphatic heterocycles. The number of phenolic OH excluding ortho intramolecular Hbond substituents is 1. The molecule has 2 N–H and O–H groups in total. The molecular weight excluding hydrogens is 282 g/mol. The Morgan fingerprint density at radius 2 is 1.91 bits per heavy atom. The zero-order chi connectivity index (χ0) is 15.7. The Hall–Kier alpha value is -2.95. The van der Waals surface area contributed by atoms with E-state index in [0.29, 0.717) is 22.8 Å². The number of rotatable bonds is 3. The van der Waals surface area contributed by atoms with Gasteiger partial charge in [-0.1, -0.05) is 0 Å². The Morgan fingerprint density at radius 1 is 1.09 bits per heavy atom. The normalized spacial score (nSPS) is 14.6. The van der Waals surface area contributed by atoms with Gasteiger partial charge in [-0.15, -0.1) is 0 Å². The van der Waals surface area contributed by atoms with Gasteiger partial charge in [0.05, 0.1) is 19.9 Å². The minimum absolute atomic E-state index is 0.110. The van der Waals surface area contributed by atoms with Crippen LogP contribution in [0.1, 0.15) is 11.1 Å². The molecule has 1 heterocycles. The zero-order valence-corrected chi connectivity index (χ0v) is 12.2. The van der Waals surface area contributed by atoms with Gasteiger partial charge in [-0.3, -0.25) is 4.79 Å². The molecule has 22 heavy (non-hydrogen) atoms. The molecule has 0 aromatic heterocycles. The molecule has 5 heteroatoms. The molecule has 1 aliphatic rings. The highest BCUT2D eigenvalue weighted by atomic mass is 16.5. The third kappa shape index (κ3) is 2.37. The summed E-state index contributed by atoms with van der Waals surface area (Å²) in [6, 6.07) is 10.2. The van der Waals surface area contributed by atoms with Crippen LogP contribution in [0.5, 0.6) is 17.2 Å². The maximum absolute atomic E-state index is 12.2. The SMILES string of the molecule is COc1ccc(OC)c(C=C2C(=O)Nc3cc(O)ccc32)c1. The number of aromatic hydroxyl groups is 1. The number of methoxy groups -OCH3 is 2. The maximum atomic E-state index is 12.2. The Balaban J connectivity index is 2.12. The fraction of sp³-hybridized carbons (Fsp3) is 0.118. The highest BCUT2D eigenvalue weighted by Gasteiger charge is 2.24. The molecule has 5 nitrogen and oxygen atoms in total. The molecule has 0 saturated carbocycles. The van der Waals surface area contributed by atoms with E-state index in [1.165, 1.54) is 6.07 Å². The van der Waals surface area contributed by atoms with Gasteiger partial charge in [0.2, 0.25) is 0 Å². The number of anilines is 1. The van der Waals surface area contributed by atoms with E-state index in [1.54, 1.807) is 50.6 Å². The first-order chi connectivity index (χ1) is 10.6. The molecule has 0 radical (unpaired) electrons. The Kier molecular flexibility index (Phi) is 3.47. The number of carbonyl (C=O) groups excluding carboxylic acids is 1. The number of ether oxygens (including phenoxy) is 2. The number of carbonyl (C=O) groups is 1. The lowest BCUT2D eigenvalue weighted by molar-refractivity contribution is -0.110. The molecule has 0 fully saturated rings. The average Bonchev–Trinajstić information content (AvgIpc) is 2.82. The highest BCUT2D eigenvalue weighted by Crippen LogP contribution is 2.37. The zero-order valence-electron chi connectivity index (χ0n) is 12.2. The third-order valence-corrected chi connectivity index (χ3v) is 3.52. The van der Waals surface area contributed by atoms with Crippen LogP contribution in [-0.2, 0) is 4.79 Å². The van der Waals surface area contributed by atoms with E-state index in [-0.39, 0.29) is 11.7 Å². The second kappa shape index (κ2) is 5.44. The van der Waals surface area contributed by atoms with Crippen molar-refractivity contribution in [2.75, 3.05) is 19.5 Å². The van der Waals surface area contributed by atoms with Crippen molar-refractivity contribution in [1.29, 1.82) is 0 Å². The number of benzene rings is 2. The van der Waals surface area contributed by atoms with Gasteiger partial charge in [0.15, 0.2) is 0 Å². The van der Waals surface area contributed by atoms with Gasteiger partial charge in [-0.2, -0.15) is 0 Å². The van der Waals surface area contributed by atoms with Gasteiger partial charge in [0, 0.05) is 22.8 Å². The number of phenols is 1. The van der Waals surface area contributed by atoms with Crippen LogP contribution >= 0.6 is 0 Å². The van der Waals surface area contributed by atoms with Gasteiger partial charge in [0.25, 0.3) is 5.91 Å². The fourth-order valence-electron chi connectivity index (χ4n) is 2.43. The quantitative estimate of drug-likeness (QED) is 0.855. The standard InChI is InChI=1S/C17H15NO4/c1-21-12-4-6-16(22-2)10(7-12)8-14-13-5-3-11(19)9-15(13)18-17(14)20/h3-9,19H,1-2H3,(H,18,20). The summed E-state index contributed by atoms with van der Waals surface area (Å²) in [6.07, 6.45) is 1.75. The van der Waals surface area contributed by atoms with Crippen LogP contribution in [0.25, 0.3) is 11.6 Å². The Morgan fingerprint density at radius 3 is 2.64 bits per heavy atom. The van der Waals surface area contributed by atoms with Gasteiger partial charge >= 0.3 is 0 Å². The predicted octanol–water partition coefficient (Wildman–Crippen LogP) is 2.90. The Labute approximate surface area is 127 Å². The Bertz CT molecular complexity index is 780. The van der Waals surface area contributed by atoms with Gasteiger partial charge in [-0.05, 0) is 36.4 Å². The smallest absolute Gasteiger partial charge is 0.256 e. The molecule has 1 amide bonds. The summed E-state index contributed by atoms with van der Waals surface area (Å²) in [5.74, 6) is 1.22. The molecule has 112 valence electrons. The summed E-state index contributed by atoms with van der Waals surface area (Å²) in [4.78, 5) is 12.2. The first kappa shape index (κ1) is 14.0. The van der Waals surface area contributed by atoms with E-state index in [1.807, 2.05) is 0 Å². The lowest BCUT2D eigenvalue weighted by atomic mass is 10.0. The molecule has 0 atom stereocenters. The summed E-state index contributed by atoms with van der Waals surface area (Å²) in [5.41, 5.74) is 2.60. The number of hydrogen-bond acceptors (Lipinski definition) is 4. The number of nitrogens with one attached hydrogen (secondary N) is 1. The minimum Gasteiger partial charge on any atom is -0.508 e. The number of amides is 1.